The van der Waals surface area contributed by atoms with Crippen LogP contribution in [0.3, 0.4) is 0 Å². The van der Waals surface area contributed by atoms with Crippen molar-refractivity contribution in [3.05, 3.63) is 12.2 Å². The van der Waals surface area contributed by atoms with Gasteiger partial charge in [0.1, 0.15) is 0 Å². The monoisotopic (exact) mass is 252 g/mol. The zero-order valence-corrected chi connectivity index (χ0v) is 5.70. The van der Waals surface area contributed by atoms with Gasteiger partial charge in [0.05, 0.1) is 0 Å². The molecule has 7 heavy (non-hydrogen) atoms. The van der Waals surface area contributed by atoms with E-state index in [0.717, 1.165) is 0 Å². The van der Waals surface area contributed by atoms with Crippen molar-refractivity contribution in [1.29, 1.82) is 0 Å². The molecule has 0 unspecified atom stereocenters. The number of aliphatic carboxylic acids is 1. The fourth-order valence-electron chi connectivity index (χ4n) is 0. The minimum absolute atomic E-state index is 0. The van der Waals surface area contributed by atoms with E-state index in [1.165, 1.54) is 6.92 Å². The van der Waals surface area contributed by atoms with Crippen LogP contribution in [-0.4, -0.2) is 11.1 Å². The molecule has 0 saturated carbocycles. The minimum Gasteiger partial charge on any atom is -0.478 e. The molecule has 1 N–H and O–H groups in total. The number of rotatable bonds is 1. The Kier molecular flexibility index (Phi) is 6.88. The van der Waals surface area contributed by atoms with Crippen LogP contribution < -0.4 is 0 Å². The first-order chi connectivity index (χ1) is 2.64. The zero-order chi connectivity index (χ0) is 5.15. The Morgan fingerprint density at radius 3 is 1.86 bits per heavy atom. The first-order valence-corrected chi connectivity index (χ1v) is 1.53. The fraction of sp³-hybridized carbons (Fsp3) is 0.250. The third kappa shape index (κ3) is 6.46. The predicted molar refractivity (Wildman–Crippen MR) is 22.4 cm³/mol. The zero-order valence-electron chi connectivity index (χ0n) is 3.85. The summed E-state index contributed by atoms with van der Waals surface area (Å²) in [5.41, 5.74) is 0.176. The van der Waals surface area contributed by atoms with Crippen LogP contribution in [0.15, 0.2) is 12.2 Å². The van der Waals surface area contributed by atoms with E-state index >= 15 is 0 Å². The molecule has 0 heterocycles. The van der Waals surface area contributed by atoms with E-state index in [0.29, 0.717) is 0 Å². The molecular formula is C4H6ErO2. The Hall–Kier alpha value is 0.457. The summed E-state index contributed by atoms with van der Waals surface area (Å²) >= 11 is 0. The number of carbonyl (C=O) groups is 1. The van der Waals surface area contributed by atoms with Gasteiger partial charge in [0.2, 0.25) is 0 Å². The van der Waals surface area contributed by atoms with Crippen molar-refractivity contribution < 1.29 is 47.2 Å². The molecule has 0 aliphatic carbocycles. The van der Waals surface area contributed by atoms with Gasteiger partial charge in [-0.2, -0.15) is 0 Å². The van der Waals surface area contributed by atoms with E-state index < -0.39 is 5.97 Å². The van der Waals surface area contributed by atoms with Gasteiger partial charge in [-0.1, -0.05) is 6.58 Å². The van der Waals surface area contributed by atoms with E-state index in [-0.39, 0.29) is 42.9 Å². The minimum atomic E-state index is -0.935. The molecule has 3 heteroatoms. The Morgan fingerprint density at radius 1 is 1.71 bits per heavy atom. The summed E-state index contributed by atoms with van der Waals surface area (Å²) < 4.78 is 0. The summed E-state index contributed by atoms with van der Waals surface area (Å²) in [6.07, 6.45) is 0. The van der Waals surface area contributed by atoms with Crippen molar-refractivity contribution in [1.82, 2.24) is 0 Å². The number of hydrogen-bond acceptors (Lipinski definition) is 1. The van der Waals surface area contributed by atoms with Crippen molar-refractivity contribution in [2.75, 3.05) is 0 Å². The Bertz CT molecular complexity index is 75.7. The van der Waals surface area contributed by atoms with Gasteiger partial charge in [0.25, 0.3) is 0 Å². The standard InChI is InChI=1S/C4H6O2.Er/c1-3(2)4(5)6;/h1H2,2H3,(H,5,6);. The summed E-state index contributed by atoms with van der Waals surface area (Å²) in [5.74, 6) is -0.935. The van der Waals surface area contributed by atoms with Gasteiger partial charge in [0, 0.05) is 42.9 Å². The number of carboxylic acids is 1. The predicted octanol–water partition coefficient (Wildman–Crippen LogP) is 0.647. The molecule has 0 amide bonds. The third-order valence-electron chi connectivity index (χ3n) is 0.365. The van der Waals surface area contributed by atoms with Crippen molar-refractivity contribution >= 4 is 5.97 Å². The molecule has 0 aromatic rings. The van der Waals surface area contributed by atoms with Gasteiger partial charge in [-0.05, 0) is 6.92 Å². The Balaban J connectivity index is 0. The van der Waals surface area contributed by atoms with Crippen molar-refractivity contribution in [2.24, 2.45) is 0 Å². The van der Waals surface area contributed by atoms with Crippen LogP contribution in [-0.2, 0) is 4.79 Å². The number of hydrogen-bond donors (Lipinski definition) is 1. The maximum atomic E-state index is 9.60. The summed E-state index contributed by atoms with van der Waals surface area (Å²) in [7, 11) is 0. The van der Waals surface area contributed by atoms with Gasteiger partial charge in [-0.3, -0.25) is 0 Å². The summed E-state index contributed by atoms with van der Waals surface area (Å²) in [6.45, 7) is 4.60. The molecule has 0 saturated heterocycles. The summed E-state index contributed by atoms with van der Waals surface area (Å²) in [5, 5.41) is 7.89. The molecule has 0 radical (unpaired) electrons. The van der Waals surface area contributed by atoms with Gasteiger partial charge >= 0.3 is 5.97 Å². The van der Waals surface area contributed by atoms with Gasteiger partial charge in [0.15, 0.2) is 0 Å². The quantitative estimate of drug-likeness (QED) is 0.697. The third-order valence-corrected chi connectivity index (χ3v) is 0.365. The van der Waals surface area contributed by atoms with Crippen LogP contribution in [0.5, 0.6) is 0 Å². The molecule has 0 bridgehead atoms. The average molecular weight is 253 g/mol. The van der Waals surface area contributed by atoms with E-state index in [1.54, 1.807) is 0 Å². The first-order valence-electron chi connectivity index (χ1n) is 1.53. The van der Waals surface area contributed by atoms with Gasteiger partial charge in [-0.25, -0.2) is 4.79 Å². The molecule has 0 atom stereocenters. The molecule has 0 rings (SSSR count). The van der Waals surface area contributed by atoms with Gasteiger partial charge in [-0.15, -0.1) is 0 Å². The van der Waals surface area contributed by atoms with E-state index in [2.05, 4.69) is 6.58 Å². The number of carboxylic acid groups (broad SMARTS) is 1. The molecule has 0 aliphatic rings. The topological polar surface area (TPSA) is 37.3 Å². The van der Waals surface area contributed by atoms with E-state index in [9.17, 15) is 4.79 Å². The van der Waals surface area contributed by atoms with Crippen LogP contribution in [0, 0.1) is 37.3 Å². The van der Waals surface area contributed by atoms with Crippen LogP contribution >= 0.6 is 0 Å². The van der Waals surface area contributed by atoms with Crippen molar-refractivity contribution in [3.63, 3.8) is 0 Å². The van der Waals surface area contributed by atoms with Gasteiger partial charge < -0.3 is 5.11 Å². The summed E-state index contributed by atoms with van der Waals surface area (Å²) in [6, 6.07) is 0. The van der Waals surface area contributed by atoms with Crippen molar-refractivity contribution in [3.8, 4) is 0 Å². The molecule has 46 valence electrons. The SMILES string of the molecule is C=C(C)C(=O)O.[Er]. The fourth-order valence-corrected chi connectivity index (χ4v) is 0. The van der Waals surface area contributed by atoms with Crippen molar-refractivity contribution in [2.45, 2.75) is 6.92 Å². The molecule has 0 spiro atoms. The van der Waals surface area contributed by atoms with E-state index in [4.69, 9.17) is 5.11 Å². The maximum absolute atomic E-state index is 9.60. The molecule has 2 nitrogen and oxygen atoms in total. The average Bonchev–Trinajstić information content (AvgIpc) is 1.36. The summed E-state index contributed by atoms with van der Waals surface area (Å²) in [4.78, 5) is 9.60. The molecule has 0 aromatic carbocycles. The van der Waals surface area contributed by atoms with Crippen LogP contribution in [0.1, 0.15) is 6.92 Å². The second-order valence-corrected chi connectivity index (χ2v) is 1.09. The second-order valence-electron chi connectivity index (χ2n) is 1.09. The smallest absolute Gasteiger partial charge is 0.330 e. The normalized spacial score (nSPS) is 6.43. The molecule has 0 aromatic heterocycles. The van der Waals surface area contributed by atoms with E-state index in [1.807, 2.05) is 0 Å². The largest absolute Gasteiger partial charge is 0.478 e. The van der Waals surface area contributed by atoms with Crippen LogP contribution in [0.4, 0.5) is 0 Å². The van der Waals surface area contributed by atoms with Crippen LogP contribution in [0.25, 0.3) is 0 Å². The second kappa shape index (κ2) is 4.61. The molecular weight excluding hydrogens is 247 g/mol. The molecule has 0 fully saturated rings. The molecule has 0 aliphatic heterocycles. The first kappa shape index (κ1) is 10.4. The maximum Gasteiger partial charge on any atom is 0.330 e. The Morgan fingerprint density at radius 2 is 1.86 bits per heavy atom. The Labute approximate surface area is 71.8 Å². The van der Waals surface area contributed by atoms with Crippen LogP contribution in [0.2, 0.25) is 0 Å².